The van der Waals surface area contributed by atoms with Gasteiger partial charge in [-0.05, 0) is 12.1 Å². The third-order valence-electron chi connectivity index (χ3n) is 4.74. The van der Waals surface area contributed by atoms with Crippen molar-refractivity contribution in [3.8, 4) is 5.75 Å². The number of hydrogen-bond acceptors (Lipinski definition) is 4. The van der Waals surface area contributed by atoms with Gasteiger partial charge in [-0.25, -0.2) is 4.98 Å². The van der Waals surface area contributed by atoms with Crippen LogP contribution in [0.1, 0.15) is 23.1 Å². The van der Waals surface area contributed by atoms with Crippen LogP contribution in [-0.2, 0) is 26.7 Å². The van der Waals surface area contributed by atoms with Gasteiger partial charge in [-0.2, -0.15) is 5.10 Å². The van der Waals surface area contributed by atoms with Crippen LogP contribution in [0.3, 0.4) is 0 Å². The first-order chi connectivity index (χ1) is 11.8. The Morgan fingerprint density at radius 3 is 2.88 bits per heavy atom. The fourth-order valence-electron chi connectivity index (χ4n) is 3.42. The molecule has 6 nitrogen and oxygen atoms in total. The van der Waals surface area contributed by atoms with Crippen molar-refractivity contribution in [2.75, 3.05) is 7.11 Å². The molecular weight excluding hydrogens is 302 g/mol. The van der Waals surface area contributed by atoms with Crippen molar-refractivity contribution in [1.29, 1.82) is 0 Å². The second-order valence-electron chi connectivity index (χ2n) is 6.10. The van der Waals surface area contributed by atoms with Crippen LogP contribution in [0.15, 0.2) is 48.9 Å². The molecule has 0 saturated heterocycles. The van der Waals surface area contributed by atoms with Gasteiger partial charge in [0, 0.05) is 44.3 Å². The number of fused-ring (bicyclic) bond motifs is 1. The Hall–Kier alpha value is -2.60. The van der Waals surface area contributed by atoms with E-state index in [1.807, 2.05) is 36.3 Å². The topological polar surface area (TPSA) is 48.1 Å². The van der Waals surface area contributed by atoms with E-state index in [2.05, 4.69) is 43.9 Å². The highest BCUT2D eigenvalue weighted by molar-refractivity contribution is 5.36. The molecule has 0 spiro atoms. The Morgan fingerprint density at radius 2 is 2.08 bits per heavy atom. The van der Waals surface area contributed by atoms with E-state index >= 15 is 0 Å². The molecule has 0 aliphatic carbocycles. The predicted molar refractivity (Wildman–Crippen MR) is 90.4 cm³/mol. The molecule has 3 heterocycles. The third-order valence-corrected chi connectivity index (χ3v) is 4.74. The molecule has 0 radical (unpaired) electrons. The molecule has 2 aromatic heterocycles. The predicted octanol–water partition coefficient (Wildman–Crippen LogP) is 2.38. The second-order valence-corrected chi connectivity index (χ2v) is 6.10. The summed E-state index contributed by atoms with van der Waals surface area (Å²) in [5.74, 6) is 2.03. The second kappa shape index (κ2) is 6.13. The number of para-hydroxylation sites is 1. The number of imidazole rings is 1. The van der Waals surface area contributed by atoms with Gasteiger partial charge >= 0.3 is 0 Å². The number of methoxy groups -OCH3 is 1. The number of aromatic nitrogens is 4. The number of nitrogens with zero attached hydrogens (tertiary/aromatic N) is 5. The van der Waals surface area contributed by atoms with Crippen LogP contribution in [0.4, 0.5) is 0 Å². The van der Waals surface area contributed by atoms with Crippen molar-refractivity contribution in [3.63, 3.8) is 0 Å². The number of rotatable bonds is 4. The van der Waals surface area contributed by atoms with Gasteiger partial charge in [0.05, 0.1) is 25.4 Å². The molecule has 4 rings (SSSR count). The minimum atomic E-state index is 0.234. The molecule has 1 aliphatic heterocycles. The van der Waals surface area contributed by atoms with E-state index in [-0.39, 0.29) is 6.04 Å². The van der Waals surface area contributed by atoms with Gasteiger partial charge in [0.15, 0.2) is 0 Å². The van der Waals surface area contributed by atoms with Crippen LogP contribution in [-0.4, -0.2) is 31.3 Å². The monoisotopic (exact) mass is 323 g/mol. The van der Waals surface area contributed by atoms with Crippen molar-refractivity contribution in [2.24, 2.45) is 7.05 Å². The Balaban J connectivity index is 1.72. The van der Waals surface area contributed by atoms with Crippen LogP contribution in [0.25, 0.3) is 0 Å². The molecule has 0 bridgehead atoms. The number of hydrogen-bond donors (Lipinski definition) is 0. The van der Waals surface area contributed by atoms with Gasteiger partial charge in [0.1, 0.15) is 11.6 Å². The highest BCUT2D eigenvalue weighted by Gasteiger charge is 2.30. The van der Waals surface area contributed by atoms with Crippen LogP contribution in [0.5, 0.6) is 5.75 Å². The summed E-state index contributed by atoms with van der Waals surface area (Å²) in [5.41, 5.74) is 2.40. The molecule has 24 heavy (non-hydrogen) atoms. The lowest BCUT2D eigenvalue weighted by Gasteiger charge is -2.37. The average Bonchev–Trinajstić information content (AvgIpc) is 3.23. The van der Waals surface area contributed by atoms with Gasteiger partial charge in [-0.1, -0.05) is 18.2 Å². The minimum absolute atomic E-state index is 0.234. The van der Waals surface area contributed by atoms with Crippen LogP contribution < -0.4 is 4.74 Å². The maximum absolute atomic E-state index is 5.61. The van der Waals surface area contributed by atoms with E-state index in [0.717, 1.165) is 31.2 Å². The van der Waals surface area contributed by atoms with E-state index in [1.165, 1.54) is 11.3 Å². The standard InChI is InChI=1S/C18H21N5O/c1-21-14(7-8-20-21)11-23-13-18-19-9-10-22(18)12-16(23)15-5-3-4-6-17(15)24-2/h3-10,16H,11-13H2,1-2H3/t16-/m1/s1. The SMILES string of the molecule is COc1ccccc1[C@H]1Cn2ccnc2CN1Cc1ccnn1C. The van der Waals surface area contributed by atoms with Gasteiger partial charge in [-0.15, -0.1) is 0 Å². The largest absolute Gasteiger partial charge is 0.496 e. The molecule has 0 unspecified atom stereocenters. The molecule has 1 atom stereocenters. The smallest absolute Gasteiger partial charge is 0.123 e. The first-order valence-corrected chi connectivity index (χ1v) is 8.10. The zero-order valence-electron chi connectivity index (χ0n) is 14.0. The van der Waals surface area contributed by atoms with Gasteiger partial charge in [0.2, 0.25) is 0 Å². The van der Waals surface area contributed by atoms with Crippen molar-refractivity contribution < 1.29 is 4.74 Å². The minimum Gasteiger partial charge on any atom is -0.496 e. The third kappa shape index (κ3) is 2.59. The summed E-state index contributed by atoms with van der Waals surface area (Å²) in [6, 6.07) is 10.6. The molecule has 0 fully saturated rings. The molecule has 0 saturated carbocycles. The molecule has 1 aliphatic rings. The molecular formula is C18H21N5O. The first kappa shape index (κ1) is 15.0. The number of ether oxygens (including phenoxy) is 1. The molecule has 124 valence electrons. The number of benzene rings is 1. The summed E-state index contributed by atoms with van der Waals surface area (Å²) in [4.78, 5) is 6.94. The highest BCUT2D eigenvalue weighted by atomic mass is 16.5. The lowest BCUT2D eigenvalue weighted by atomic mass is 10.0. The van der Waals surface area contributed by atoms with Crippen LogP contribution in [0.2, 0.25) is 0 Å². The van der Waals surface area contributed by atoms with E-state index in [9.17, 15) is 0 Å². The normalized spacial score (nSPS) is 17.7. The Morgan fingerprint density at radius 1 is 1.21 bits per heavy atom. The van der Waals surface area contributed by atoms with Crippen LogP contribution >= 0.6 is 0 Å². The fraction of sp³-hybridized carbons (Fsp3) is 0.333. The van der Waals surface area contributed by atoms with Crippen molar-refractivity contribution in [3.05, 3.63) is 66.0 Å². The highest BCUT2D eigenvalue weighted by Crippen LogP contribution is 2.35. The Labute approximate surface area is 141 Å². The van der Waals surface area contributed by atoms with E-state index in [4.69, 9.17) is 4.74 Å². The molecule has 0 amide bonds. The van der Waals surface area contributed by atoms with Crippen molar-refractivity contribution in [2.45, 2.75) is 25.7 Å². The zero-order chi connectivity index (χ0) is 16.5. The maximum atomic E-state index is 5.61. The lowest BCUT2D eigenvalue weighted by molar-refractivity contribution is 0.122. The average molecular weight is 323 g/mol. The summed E-state index contributed by atoms with van der Waals surface area (Å²) in [6.45, 7) is 2.50. The van der Waals surface area contributed by atoms with Crippen molar-refractivity contribution >= 4 is 0 Å². The van der Waals surface area contributed by atoms with E-state index < -0.39 is 0 Å². The van der Waals surface area contributed by atoms with Crippen molar-refractivity contribution in [1.82, 2.24) is 24.2 Å². The molecule has 6 heteroatoms. The molecule has 3 aromatic rings. The summed E-state index contributed by atoms with van der Waals surface area (Å²) >= 11 is 0. The zero-order valence-corrected chi connectivity index (χ0v) is 14.0. The lowest BCUT2D eigenvalue weighted by Crippen LogP contribution is -2.37. The van der Waals surface area contributed by atoms with Gasteiger partial charge < -0.3 is 9.30 Å². The van der Waals surface area contributed by atoms with Gasteiger partial charge in [0.25, 0.3) is 0 Å². The first-order valence-electron chi connectivity index (χ1n) is 8.10. The quantitative estimate of drug-likeness (QED) is 0.740. The summed E-state index contributed by atoms with van der Waals surface area (Å²) in [5, 5.41) is 4.29. The van der Waals surface area contributed by atoms with E-state index in [1.54, 1.807) is 7.11 Å². The van der Waals surface area contributed by atoms with Crippen LogP contribution in [0, 0.1) is 0 Å². The number of aryl methyl sites for hydroxylation is 1. The molecule has 1 aromatic carbocycles. The summed E-state index contributed by atoms with van der Waals surface area (Å²) in [6.07, 6.45) is 5.78. The summed E-state index contributed by atoms with van der Waals surface area (Å²) in [7, 11) is 3.72. The maximum Gasteiger partial charge on any atom is 0.123 e. The fourth-order valence-corrected chi connectivity index (χ4v) is 3.42. The Kier molecular flexibility index (Phi) is 3.82. The summed E-state index contributed by atoms with van der Waals surface area (Å²) < 4.78 is 9.77. The van der Waals surface area contributed by atoms with E-state index in [0.29, 0.717) is 0 Å². The Bertz CT molecular complexity index is 837. The molecule has 0 N–H and O–H groups in total. The van der Waals surface area contributed by atoms with Gasteiger partial charge in [-0.3, -0.25) is 9.58 Å².